The van der Waals surface area contributed by atoms with Crippen LogP contribution in [0.1, 0.15) is 27.3 Å². The Morgan fingerprint density at radius 3 is 2.63 bits per heavy atom. The highest BCUT2D eigenvalue weighted by molar-refractivity contribution is 6.03. The second-order valence-corrected chi connectivity index (χ2v) is 6.57. The Labute approximate surface area is 156 Å². The monoisotopic (exact) mass is 357 g/mol. The number of fused-ring (bicyclic) bond motifs is 1. The first-order valence-electron chi connectivity index (χ1n) is 8.70. The fraction of sp³-hybridized carbons (Fsp3) is 0.143. The molecule has 0 unspecified atom stereocenters. The SMILES string of the molecule is Cc1ccc(-n2nnc(C(=O)Nc3ccc4ccccc4n3)c2C)c(C)c1. The largest absolute Gasteiger partial charge is 0.305 e. The van der Waals surface area contributed by atoms with E-state index in [-0.39, 0.29) is 11.6 Å². The van der Waals surface area contributed by atoms with Crippen molar-refractivity contribution in [3.05, 3.63) is 77.1 Å². The molecule has 4 aromatic rings. The number of aromatic nitrogens is 4. The number of para-hydroxylation sites is 1. The van der Waals surface area contributed by atoms with E-state index in [2.05, 4.69) is 26.7 Å². The van der Waals surface area contributed by atoms with Crippen molar-refractivity contribution in [1.29, 1.82) is 0 Å². The highest BCUT2D eigenvalue weighted by Gasteiger charge is 2.18. The minimum absolute atomic E-state index is 0.282. The van der Waals surface area contributed by atoms with Gasteiger partial charge in [0.2, 0.25) is 0 Å². The Kier molecular flexibility index (Phi) is 4.16. The molecular formula is C21H19N5O. The lowest BCUT2D eigenvalue weighted by Gasteiger charge is -2.08. The Morgan fingerprint density at radius 1 is 1.00 bits per heavy atom. The van der Waals surface area contributed by atoms with E-state index >= 15 is 0 Å². The first kappa shape index (κ1) is 16.9. The molecule has 0 radical (unpaired) electrons. The van der Waals surface area contributed by atoms with Gasteiger partial charge in [0, 0.05) is 5.39 Å². The van der Waals surface area contributed by atoms with Gasteiger partial charge in [-0.05, 0) is 50.6 Å². The number of pyridine rings is 1. The third kappa shape index (κ3) is 3.17. The average Bonchev–Trinajstić information content (AvgIpc) is 3.03. The van der Waals surface area contributed by atoms with Crippen molar-refractivity contribution in [2.75, 3.05) is 5.32 Å². The van der Waals surface area contributed by atoms with Crippen LogP contribution in [-0.2, 0) is 0 Å². The maximum Gasteiger partial charge on any atom is 0.279 e. The zero-order valence-corrected chi connectivity index (χ0v) is 15.4. The van der Waals surface area contributed by atoms with Crippen molar-refractivity contribution >= 4 is 22.6 Å². The van der Waals surface area contributed by atoms with Crippen molar-refractivity contribution < 1.29 is 4.79 Å². The number of amides is 1. The quantitative estimate of drug-likeness (QED) is 0.602. The van der Waals surface area contributed by atoms with Crippen LogP contribution >= 0.6 is 0 Å². The van der Waals surface area contributed by atoms with Gasteiger partial charge < -0.3 is 5.32 Å². The number of carbonyl (C=O) groups excluding carboxylic acids is 1. The fourth-order valence-electron chi connectivity index (χ4n) is 3.12. The fourth-order valence-corrected chi connectivity index (χ4v) is 3.12. The van der Waals surface area contributed by atoms with Gasteiger partial charge in [0.25, 0.3) is 5.91 Å². The average molecular weight is 357 g/mol. The lowest BCUT2D eigenvalue weighted by molar-refractivity contribution is 0.102. The maximum atomic E-state index is 12.7. The van der Waals surface area contributed by atoms with Gasteiger partial charge in [-0.1, -0.05) is 41.1 Å². The van der Waals surface area contributed by atoms with Crippen LogP contribution in [-0.4, -0.2) is 25.9 Å². The van der Waals surface area contributed by atoms with Crippen LogP contribution in [0.2, 0.25) is 0 Å². The van der Waals surface area contributed by atoms with Gasteiger partial charge in [0.05, 0.1) is 16.9 Å². The summed E-state index contributed by atoms with van der Waals surface area (Å²) in [6.45, 7) is 5.89. The zero-order chi connectivity index (χ0) is 19.0. The molecule has 0 spiro atoms. The van der Waals surface area contributed by atoms with E-state index in [0.717, 1.165) is 22.2 Å². The molecule has 2 heterocycles. The van der Waals surface area contributed by atoms with Gasteiger partial charge in [-0.15, -0.1) is 5.10 Å². The summed E-state index contributed by atoms with van der Waals surface area (Å²) in [5, 5.41) is 12.1. The number of nitrogens with one attached hydrogen (secondary N) is 1. The van der Waals surface area contributed by atoms with Gasteiger partial charge in [0.15, 0.2) is 5.69 Å². The molecule has 27 heavy (non-hydrogen) atoms. The predicted molar refractivity (Wildman–Crippen MR) is 105 cm³/mol. The smallest absolute Gasteiger partial charge is 0.279 e. The third-order valence-corrected chi connectivity index (χ3v) is 4.53. The van der Waals surface area contributed by atoms with Crippen LogP contribution in [0.3, 0.4) is 0 Å². The number of rotatable bonds is 3. The Morgan fingerprint density at radius 2 is 1.81 bits per heavy atom. The Balaban J connectivity index is 1.63. The summed E-state index contributed by atoms with van der Waals surface area (Å²) < 4.78 is 1.69. The van der Waals surface area contributed by atoms with Gasteiger partial charge in [0.1, 0.15) is 5.82 Å². The van der Waals surface area contributed by atoms with Crippen LogP contribution in [0, 0.1) is 20.8 Å². The van der Waals surface area contributed by atoms with Crippen LogP contribution in [0.15, 0.2) is 54.6 Å². The van der Waals surface area contributed by atoms with E-state index in [0.29, 0.717) is 11.5 Å². The van der Waals surface area contributed by atoms with E-state index < -0.39 is 0 Å². The lowest BCUT2D eigenvalue weighted by Crippen LogP contribution is -2.15. The van der Waals surface area contributed by atoms with Crippen molar-refractivity contribution in [1.82, 2.24) is 20.0 Å². The first-order chi connectivity index (χ1) is 13.0. The third-order valence-electron chi connectivity index (χ3n) is 4.53. The summed E-state index contributed by atoms with van der Waals surface area (Å²) in [5.41, 5.74) is 4.95. The standard InChI is InChI=1S/C21H19N5O/c1-13-8-10-18(14(2)12-13)26-15(3)20(24-25-26)21(27)23-19-11-9-16-6-4-5-7-17(16)22-19/h4-12H,1-3H3,(H,22,23,27). The van der Waals surface area contributed by atoms with Crippen molar-refractivity contribution in [3.8, 4) is 5.69 Å². The van der Waals surface area contributed by atoms with E-state index in [1.54, 1.807) is 10.7 Å². The number of benzene rings is 2. The molecule has 0 fully saturated rings. The molecule has 2 aromatic carbocycles. The molecule has 134 valence electrons. The molecular weight excluding hydrogens is 338 g/mol. The molecule has 0 saturated carbocycles. The van der Waals surface area contributed by atoms with Crippen LogP contribution in [0.25, 0.3) is 16.6 Å². The van der Waals surface area contributed by atoms with E-state index in [9.17, 15) is 4.79 Å². The molecule has 0 atom stereocenters. The molecule has 0 aliphatic heterocycles. The van der Waals surface area contributed by atoms with Crippen molar-refractivity contribution in [3.63, 3.8) is 0 Å². The molecule has 0 bridgehead atoms. The molecule has 0 saturated heterocycles. The maximum absolute atomic E-state index is 12.7. The van der Waals surface area contributed by atoms with Crippen LogP contribution < -0.4 is 5.32 Å². The van der Waals surface area contributed by atoms with Gasteiger partial charge >= 0.3 is 0 Å². The summed E-state index contributed by atoms with van der Waals surface area (Å²) in [4.78, 5) is 17.2. The zero-order valence-electron chi connectivity index (χ0n) is 15.4. The highest BCUT2D eigenvalue weighted by atomic mass is 16.2. The normalized spacial score (nSPS) is 10.9. The van der Waals surface area contributed by atoms with Crippen LogP contribution in [0.5, 0.6) is 0 Å². The highest BCUT2D eigenvalue weighted by Crippen LogP contribution is 2.19. The minimum atomic E-state index is -0.328. The summed E-state index contributed by atoms with van der Waals surface area (Å²) in [5.74, 6) is 0.158. The molecule has 0 aliphatic rings. The number of carbonyl (C=O) groups is 1. The van der Waals surface area contributed by atoms with Gasteiger partial charge in [-0.3, -0.25) is 4.79 Å². The molecule has 1 amide bonds. The topological polar surface area (TPSA) is 72.7 Å². The molecule has 0 aliphatic carbocycles. The number of hydrogen-bond donors (Lipinski definition) is 1. The van der Waals surface area contributed by atoms with Crippen molar-refractivity contribution in [2.24, 2.45) is 0 Å². The first-order valence-corrected chi connectivity index (χ1v) is 8.70. The lowest BCUT2D eigenvalue weighted by atomic mass is 10.1. The van der Waals surface area contributed by atoms with Gasteiger partial charge in [-0.25, -0.2) is 9.67 Å². The summed E-state index contributed by atoms with van der Waals surface area (Å²) in [6, 6.07) is 17.6. The molecule has 6 nitrogen and oxygen atoms in total. The van der Waals surface area contributed by atoms with Gasteiger partial charge in [-0.2, -0.15) is 0 Å². The molecule has 4 rings (SSSR count). The summed E-state index contributed by atoms with van der Waals surface area (Å²) in [7, 11) is 0. The minimum Gasteiger partial charge on any atom is -0.305 e. The Bertz CT molecular complexity index is 1160. The number of aryl methyl sites for hydroxylation is 2. The second kappa shape index (κ2) is 6.64. The van der Waals surface area contributed by atoms with Crippen molar-refractivity contribution in [2.45, 2.75) is 20.8 Å². The second-order valence-electron chi connectivity index (χ2n) is 6.57. The van der Waals surface area contributed by atoms with E-state index in [4.69, 9.17) is 0 Å². The van der Waals surface area contributed by atoms with Crippen LogP contribution in [0.4, 0.5) is 5.82 Å². The number of nitrogens with zero attached hydrogens (tertiary/aromatic N) is 4. The van der Waals surface area contributed by atoms with E-state index in [1.807, 2.05) is 63.2 Å². The molecule has 1 N–H and O–H groups in total. The summed E-state index contributed by atoms with van der Waals surface area (Å²) >= 11 is 0. The molecule has 2 aromatic heterocycles. The predicted octanol–water partition coefficient (Wildman–Crippen LogP) is 3.99. The molecule has 6 heteroatoms. The number of hydrogen-bond acceptors (Lipinski definition) is 4. The summed E-state index contributed by atoms with van der Waals surface area (Å²) in [6.07, 6.45) is 0. The Hall–Kier alpha value is -3.54. The number of anilines is 1. The van der Waals surface area contributed by atoms with E-state index in [1.165, 1.54) is 5.56 Å².